The summed E-state index contributed by atoms with van der Waals surface area (Å²) in [6, 6.07) is 22.3. The number of para-hydroxylation sites is 2. The van der Waals surface area contributed by atoms with Gasteiger partial charge in [-0.3, -0.25) is 18.7 Å². The number of rotatable bonds is 9. The lowest BCUT2D eigenvalue weighted by Crippen LogP contribution is -2.38. The lowest BCUT2D eigenvalue weighted by Gasteiger charge is -2.31. The first-order valence-corrected chi connectivity index (χ1v) is 17.9. The molecule has 0 radical (unpaired) electrons. The highest BCUT2D eigenvalue weighted by Crippen LogP contribution is 2.56. The normalized spacial score (nSPS) is 20.0. The molecule has 9 nitrogen and oxygen atoms in total. The van der Waals surface area contributed by atoms with Crippen molar-refractivity contribution in [2.24, 2.45) is 5.73 Å². The van der Waals surface area contributed by atoms with Crippen LogP contribution in [0.1, 0.15) is 64.7 Å². The molecule has 0 bridgehead atoms. The van der Waals surface area contributed by atoms with Gasteiger partial charge in [-0.05, 0) is 64.9 Å². The van der Waals surface area contributed by atoms with E-state index in [9.17, 15) is 27.3 Å². The third-order valence-electron chi connectivity index (χ3n) is 8.95. The molecular formula is C37H33F3N3O6P. The molecule has 50 heavy (non-hydrogen) atoms. The van der Waals surface area contributed by atoms with Crippen LogP contribution in [0, 0.1) is 0 Å². The Morgan fingerprint density at radius 2 is 1.70 bits per heavy atom. The van der Waals surface area contributed by atoms with Gasteiger partial charge < -0.3 is 20.0 Å². The molecule has 7 rings (SSSR count). The highest BCUT2D eigenvalue weighted by Gasteiger charge is 2.45. The number of benzene rings is 4. The number of amides is 1. The molecule has 13 heteroatoms. The van der Waals surface area contributed by atoms with E-state index in [1.165, 1.54) is 0 Å². The van der Waals surface area contributed by atoms with E-state index < -0.39 is 44.2 Å². The molecule has 5 aromatic rings. The third kappa shape index (κ3) is 6.17. The van der Waals surface area contributed by atoms with Gasteiger partial charge >= 0.3 is 13.8 Å². The van der Waals surface area contributed by atoms with E-state index >= 15 is 0 Å². The Kier molecular flexibility index (Phi) is 8.98. The third-order valence-corrected chi connectivity index (χ3v) is 11.1. The van der Waals surface area contributed by atoms with Gasteiger partial charge in [0.1, 0.15) is 18.3 Å². The fourth-order valence-electron chi connectivity index (χ4n) is 6.77. The zero-order chi connectivity index (χ0) is 35.2. The molecule has 0 saturated carbocycles. The van der Waals surface area contributed by atoms with Gasteiger partial charge in [-0.1, -0.05) is 67.9 Å². The Hall–Kier alpha value is -4.61. The summed E-state index contributed by atoms with van der Waals surface area (Å²) in [7, 11) is -4.35. The van der Waals surface area contributed by atoms with Crippen molar-refractivity contribution in [3.63, 3.8) is 0 Å². The number of aromatic nitrogens is 1. The summed E-state index contributed by atoms with van der Waals surface area (Å²) in [5.74, 6) is -2.40. The number of carbonyl (C=O) groups is 2. The molecule has 2 aliphatic rings. The van der Waals surface area contributed by atoms with Crippen molar-refractivity contribution in [1.82, 2.24) is 10.3 Å². The lowest BCUT2D eigenvalue weighted by atomic mass is 9.86. The fraction of sp³-hybridized carbons (Fsp3) is 0.270. The topological polar surface area (TPSA) is 134 Å². The molecule has 3 N–H and O–H groups in total. The number of nitrogens with zero attached hydrogens (tertiary/aromatic N) is 1. The van der Waals surface area contributed by atoms with Crippen molar-refractivity contribution in [1.29, 1.82) is 0 Å². The van der Waals surface area contributed by atoms with Crippen LogP contribution in [0.3, 0.4) is 0 Å². The molecule has 1 saturated heterocycles. The summed E-state index contributed by atoms with van der Waals surface area (Å²) in [6.07, 6.45) is -3.93. The first-order chi connectivity index (χ1) is 24.0. The van der Waals surface area contributed by atoms with Gasteiger partial charge in [0.2, 0.25) is 11.8 Å². The summed E-state index contributed by atoms with van der Waals surface area (Å²) in [6.45, 7) is 0.394. The molecule has 1 aliphatic carbocycles. The fourth-order valence-corrected chi connectivity index (χ4v) is 8.89. The average molecular weight is 704 g/mol. The van der Waals surface area contributed by atoms with Crippen molar-refractivity contribution in [3.8, 4) is 22.6 Å². The number of hydrogen-bond acceptors (Lipinski definition) is 8. The number of ketones is 1. The Morgan fingerprint density at radius 3 is 2.44 bits per heavy atom. The SMILES string of the molecule is CCCCc1c2c(cc(C(=O)c3ccccc3-c3nc4ccccc4o3)c1P1(=O)OCCC(N)O1)-c1ccccc1C2C(=O)NCC(F)(F)F. The van der Waals surface area contributed by atoms with Crippen LogP contribution in [-0.2, 0) is 24.8 Å². The molecule has 2 heterocycles. The lowest BCUT2D eigenvalue weighted by molar-refractivity contribution is -0.138. The van der Waals surface area contributed by atoms with Crippen LogP contribution in [0.2, 0.25) is 0 Å². The van der Waals surface area contributed by atoms with Gasteiger partial charge in [0.25, 0.3) is 0 Å². The maximum Gasteiger partial charge on any atom is 0.405 e. The Balaban J connectivity index is 1.49. The van der Waals surface area contributed by atoms with Crippen molar-refractivity contribution in [2.75, 3.05) is 13.2 Å². The van der Waals surface area contributed by atoms with Crippen molar-refractivity contribution >= 4 is 35.7 Å². The zero-order valence-corrected chi connectivity index (χ0v) is 27.9. The largest absolute Gasteiger partial charge is 0.436 e. The molecule has 3 atom stereocenters. The van der Waals surface area contributed by atoms with Gasteiger partial charge in [0, 0.05) is 23.1 Å². The monoisotopic (exact) mass is 703 g/mol. The minimum atomic E-state index is -4.64. The molecule has 258 valence electrons. The van der Waals surface area contributed by atoms with Crippen LogP contribution in [-0.4, -0.2) is 42.2 Å². The molecular weight excluding hydrogens is 670 g/mol. The number of alkyl halides is 3. The van der Waals surface area contributed by atoms with Gasteiger partial charge in [0.05, 0.1) is 17.8 Å². The van der Waals surface area contributed by atoms with Crippen LogP contribution in [0.15, 0.2) is 83.3 Å². The molecule has 1 amide bonds. The summed E-state index contributed by atoms with van der Waals surface area (Å²) in [4.78, 5) is 33.3. The standard InChI is InChI=1S/C37H33F3N3O6P/c1-2-3-10-25-31-26(21-11-4-5-12-22(21)32(31)35(45)42-20-37(38,39)40)19-27(34(25)50(46)47-18-17-30(41)49-50)33(44)23-13-6-7-14-24(23)36-43-28-15-8-9-16-29(28)48-36/h4-9,11-16,19,30,32H,2-3,10,17-18,20,41H2,1H3,(H,42,45). The minimum absolute atomic E-state index is 0.00185. The second kappa shape index (κ2) is 13.3. The Morgan fingerprint density at radius 1 is 0.980 bits per heavy atom. The summed E-state index contributed by atoms with van der Waals surface area (Å²) in [5.41, 5.74) is 10.1. The van der Waals surface area contributed by atoms with Gasteiger partial charge in [-0.2, -0.15) is 13.2 Å². The van der Waals surface area contributed by atoms with E-state index in [1.807, 2.05) is 24.4 Å². The predicted octanol–water partition coefficient (Wildman–Crippen LogP) is 7.40. The molecule has 4 aromatic carbocycles. The van der Waals surface area contributed by atoms with Crippen LogP contribution in [0.5, 0.6) is 0 Å². The first kappa shape index (κ1) is 33.9. The Labute approximate surface area is 285 Å². The molecule has 3 unspecified atom stereocenters. The summed E-state index contributed by atoms with van der Waals surface area (Å²) < 4.78 is 72.6. The van der Waals surface area contributed by atoms with E-state index in [1.54, 1.807) is 66.7 Å². The number of nitrogens with one attached hydrogen (secondary N) is 1. The number of hydrogen-bond donors (Lipinski definition) is 2. The summed E-state index contributed by atoms with van der Waals surface area (Å²) >= 11 is 0. The van der Waals surface area contributed by atoms with Crippen LogP contribution in [0.25, 0.3) is 33.7 Å². The smallest absolute Gasteiger partial charge is 0.405 e. The zero-order valence-electron chi connectivity index (χ0n) is 27.0. The van der Waals surface area contributed by atoms with Gasteiger partial charge in [0.15, 0.2) is 11.4 Å². The van der Waals surface area contributed by atoms with Gasteiger partial charge in [-0.25, -0.2) is 4.98 Å². The highest BCUT2D eigenvalue weighted by atomic mass is 31.2. The second-order valence-corrected chi connectivity index (χ2v) is 14.2. The maximum atomic E-state index is 15.0. The van der Waals surface area contributed by atoms with Gasteiger partial charge in [-0.15, -0.1) is 0 Å². The van der Waals surface area contributed by atoms with E-state index in [-0.39, 0.29) is 41.8 Å². The first-order valence-electron chi connectivity index (χ1n) is 16.3. The van der Waals surface area contributed by atoms with Crippen LogP contribution < -0.4 is 16.4 Å². The number of nitrogens with two attached hydrogens (primary N) is 1. The molecule has 1 aliphatic heterocycles. The van der Waals surface area contributed by atoms with Crippen LogP contribution in [0.4, 0.5) is 13.2 Å². The van der Waals surface area contributed by atoms with Crippen molar-refractivity contribution in [2.45, 2.75) is 50.9 Å². The molecule has 0 spiro atoms. The maximum absolute atomic E-state index is 15.0. The molecule has 1 fully saturated rings. The quantitative estimate of drug-likeness (QED) is 0.120. The second-order valence-electron chi connectivity index (χ2n) is 12.3. The van der Waals surface area contributed by atoms with Crippen molar-refractivity contribution < 1.29 is 40.8 Å². The van der Waals surface area contributed by atoms with Crippen molar-refractivity contribution in [3.05, 3.63) is 107 Å². The van der Waals surface area contributed by atoms with E-state index in [0.717, 1.165) is 0 Å². The molecule has 1 aromatic heterocycles. The number of unbranched alkanes of at least 4 members (excludes halogenated alkanes) is 1. The van der Waals surface area contributed by atoms with E-state index in [2.05, 4.69) is 4.98 Å². The number of fused-ring (bicyclic) bond motifs is 4. The number of carbonyl (C=O) groups excluding carboxylic acids is 2. The predicted molar refractivity (Wildman–Crippen MR) is 181 cm³/mol. The average Bonchev–Trinajstić information content (AvgIpc) is 3.68. The van der Waals surface area contributed by atoms with Crippen LogP contribution >= 0.6 is 7.60 Å². The van der Waals surface area contributed by atoms with E-state index in [4.69, 9.17) is 19.2 Å². The summed E-state index contributed by atoms with van der Waals surface area (Å²) in [5, 5.41) is 2.00. The Bertz CT molecular complexity index is 2150. The number of halogens is 3. The van der Waals surface area contributed by atoms with E-state index in [0.29, 0.717) is 57.3 Å². The minimum Gasteiger partial charge on any atom is -0.436 e. The number of oxazole rings is 1. The highest BCUT2D eigenvalue weighted by molar-refractivity contribution is 7.62.